The van der Waals surface area contributed by atoms with Gasteiger partial charge in [0, 0.05) is 37.8 Å². The van der Waals surface area contributed by atoms with Crippen LogP contribution in [0.4, 0.5) is 0 Å². The molecule has 9 nitrogen and oxygen atoms in total. The van der Waals surface area contributed by atoms with Gasteiger partial charge in [0.1, 0.15) is 12.3 Å². The molecule has 0 saturated carbocycles. The molecule has 0 radical (unpaired) electrons. The zero-order valence-electron chi connectivity index (χ0n) is 15.5. The van der Waals surface area contributed by atoms with Crippen molar-refractivity contribution in [3.8, 4) is 22.8 Å². The molecule has 1 saturated heterocycles. The van der Waals surface area contributed by atoms with Crippen molar-refractivity contribution >= 4 is 5.91 Å². The third-order valence-corrected chi connectivity index (χ3v) is 4.55. The van der Waals surface area contributed by atoms with Gasteiger partial charge in [-0.1, -0.05) is 5.16 Å². The summed E-state index contributed by atoms with van der Waals surface area (Å²) in [6.07, 6.45) is 0. The Labute approximate surface area is 162 Å². The molecule has 3 heterocycles. The summed E-state index contributed by atoms with van der Waals surface area (Å²) < 4.78 is 26.8. The van der Waals surface area contributed by atoms with Crippen molar-refractivity contribution in [3.63, 3.8) is 0 Å². The van der Waals surface area contributed by atoms with E-state index in [-0.39, 0.29) is 25.9 Å². The molecule has 4 rings (SSSR count). The molecule has 1 aromatic heterocycles. The normalized spacial score (nSPS) is 16.3. The van der Waals surface area contributed by atoms with Gasteiger partial charge in [-0.15, -0.1) is 0 Å². The maximum Gasteiger partial charge on any atom is 0.246 e. The topological polar surface area (TPSA) is 95.3 Å². The Morgan fingerprint density at radius 1 is 1.18 bits per heavy atom. The average molecular weight is 389 g/mol. The van der Waals surface area contributed by atoms with Crippen molar-refractivity contribution in [2.45, 2.75) is 6.61 Å². The lowest BCUT2D eigenvalue weighted by molar-refractivity contribution is -0.126. The first kappa shape index (κ1) is 18.7. The van der Waals surface area contributed by atoms with Crippen LogP contribution in [0, 0.1) is 0 Å². The van der Waals surface area contributed by atoms with Gasteiger partial charge in [-0.3, -0.25) is 9.69 Å². The Kier molecular flexibility index (Phi) is 6.05. The van der Waals surface area contributed by atoms with Crippen molar-refractivity contribution in [1.29, 1.82) is 0 Å². The Bertz CT molecular complexity index is 803. The molecular formula is C19H23N3O6. The van der Waals surface area contributed by atoms with E-state index in [1.54, 1.807) is 6.07 Å². The molecule has 1 N–H and O–H groups in total. The van der Waals surface area contributed by atoms with Crippen LogP contribution >= 0.6 is 0 Å². The zero-order chi connectivity index (χ0) is 19.2. The lowest BCUT2D eigenvalue weighted by atomic mass is 10.1. The minimum absolute atomic E-state index is 0.0185. The minimum atomic E-state index is -0.146. The molecule has 2 aliphatic rings. The number of nitrogens with zero attached hydrogens (tertiary/aromatic N) is 2. The van der Waals surface area contributed by atoms with E-state index >= 15 is 0 Å². The van der Waals surface area contributed by atoms with Gasteiger partial charge in [-0.25, -0.2) is 0 Å². The summed E-state index contributed by atoms with van der Waals surface area (Å²) in [7, 11) is 0. The molecular weight excluding hydrogens is 366 g/mol. The van der Waals surface area contributed by atoms with Crippen LogP contribution in [-0.2, 0) is 20.9 Å². The molecule has 2 aromatic rings. The fourth-order valence-electron chi connectivity index (χ4n) is 3.04. The number of ether oxygens (including phenoxy) is 4. The van der Waals surface area contributed by atoms with Crippen LogP contribution < -0.4 is 14.8 Å². The molecule has 0 atom stereocenters. The van der Waals surface area contributed by atoms with Gasteiger partial charge >= 0.3 is 0 Å². The summed E-state index contributed by atoms with van der Waals surface area (Å²) in [4.78, 5) is 14.1. The SMILES string of the molecule is O=C(COCc1cc(-c2ccc3c(c2)OCO3)on1)NCCN1CCOCC1. The molecule has 0 spiro atoms. The number of hydrogen-bond donors (Lipinski definition) is 1. The standard InChI is InChI=1S/C19H23N3O6/c23-19(20-3-4-22-5-7-24-8-6-22)12-25-11-15-10-17(28-21-15)14-1-2-16-18(9-14)27-13-26-16/h1-2,9-10H,3-8,11-13H2,(H,20,23). The molecule has 0 unspecified atom stereocenters. The lowest BCUT2D eigenvalue weighted by Gasteiger charge is -2.26. The monoisotopic (exact) mass is 389 g/mol. The molecule has 9 heteroatoms. The van der Waals surface area contributed by atoms with Crippen LogP contribution in [0.3, 0.4) is 0 Å². The number of amides is 1. The number of benzene rings is 1. The van der Waals surface area contributed by atoms with Crippen LogP contribution in [0.1, 0.15) is 5.69 Å². The number of rotatable bonds is 8. The maximum atomic E-state index is 11.9. The summed E-state index contributed by atoms with van der Waals surface area (Å²) >= 11 is 0. The van der Waals surface area contributed by atoms with Gasteiger partial charge in [-0.05, 0) is 18.2 Å². The molecule has 0 aliphatic carbocycles. The number of aromatic nitrogens is 1. The van der Waals surface area contributed by atoms with Crippen LogP contribution in [0.25, 0.3) is 11.3 Å². The van der Waals surface area contributed by atoms with Crippen LogP contribution in [0.5, 0.6) is 11.5 Å². The van der Waals surface area contributed by atoms with Gasteiger partial charge < -0.3 is 28.8 Å². The van der Waals surface area contributed by atoms with Gasteiger partial charge in [-0.2, -0.15) is 0 Å². The predicted molar refractivity (Wildman–Crippen MR) is 98.0 cm³/mol. The van der Waals surface area contributed by atoms with Crippen molar-refractivity contribution in [3.05, 3.63) is 30.0 Å². The number of carbonyl (C=O) groups excluding carboxylic acids is 1. The highest BCUT2D eigenvalue weighted by atomic mass is 16.7. The number of fused-ring (bicyclic) bond motifs is 1. The second-order valence-corrected chi connectivity index (χ2v) is 6.55. The van der Waals surface area contributed by atoms with E-state index in [0.29, 0.717) is 29.5 Å². The summed E-state index contributed by atoms with van der Waals surface area (Å²) in [5.74, 6) is 1.85. The molecule has 150 valence electrons. The summed E-state index contributed by atoms with van der Waals surface area (Å²) in [5, 5.41) is 6.84. The third kappa shape index (κ3) is 4.80. The van der Waals surface area contributed by atoms with Crippen LogP contribution in [0.2, 0.25) is 0 Å². The minimum Gasteiger partial charge on any atom is -0.454 e. The van der Waals surface area contributed by atoms with Crippen molar-refractivity contribution in [2.24, 2.45) is 0 Å². The molecule has 1 aromatic carbocycles. The average Bonchev–Trinajstić information content (AvgIpc) is 3.37. The second kappa shape index (κ2) is 9.05. The van der Waals surface area contributed by atoms with Crippen molar-refractivity contribution < 1.29 is 28.3 Å². The van der Waals surface area contributed by atoms with Crippen LogP contribution in [0.15, 0.2) is 28.8 Å². The van der Waals surface area contributed by atoms with E-state index in [9.17, 15) is 4.79 Å². The first-order chi connectivity index (χ1) is 13.8. The Balaban J connectivity index is 1.18. The highest BCUT2D eigenvalue weighted by Crippen LogP contribution is 2.36. The van der Waals surface area contributed by atoms with E-state index in [2.05, 4.69) is 15.4 Å². The summed E-state index contributed by atoms with van der Waals surface area (Å²) in [6, 6.07) is 7.33. The number of carbonyl (C=O) groups is 1. The molecule has 1 amide bonds. The van der Waals surface area contributed by atoms with E-state index in [4.69, 9.17) is 23.5 Å². The van der Waals surface area contributed by atoms with E-state index < -0.39 is 0 Å². The van der Waals surface area contributed by atoms with Crippen molar-refractivity contribution in [1.82, 2.24) is 15.4 Å². The third-order valence-electron chi connectivity index (χ3n) is 4.55. The quantitative estimate of drug-likeness (QED) is 0.716. The second-order valence-electron chi connectivity index (χ2n) is 6.55. The molecule has 2 aliphatic heterocycles. The highest BCUT2D eigenvalue weighted by Gasteiger charge is 2.16. The first-order valence-corrected chi connectivity index (χ1v) is 9.28. The largest absolute Gasteiger partial charge is 0.454 e. The highest BCUT2D eigenvalue weighted by molar-refractivity contribution is 5.77. The van der Waals surface area contributed by atoms with E-state index in [1.165, 1.54) is 0 Å². The lowest BCUT2D eigenvalue weighted by Crippen LogP contribution is -2.41. The fraction of sp³-hybridized carbons (Fsp3) is 0.474. The smallest absolute Gasteiger partial charge is 0.246 e. The molecule has 28 heavy (non-hydrogen) atoms. The Morgan fingerprint density at radius 3 is 2.93 bits per heavy atom. The van der Waals surface area contributed by atoms with Crippen molar-refractivity contribution in [2.75, 3.05) is 52.8 Å². The van der Waals surface area contributed by atoms with Gasteiger partial charge in [0.05, 0.1) is 19.8 Å². The van der Waals surface area contributed by atoms with E-state index in [0.717, 1.165) is 38.4 Å². The predicted octanol–water partition coefficient (Wildman–Crippen LogP) is 1.04. The van der Waals surface area contributed by atoms with E-state index in [1.807, 2.05) is 18.2 Å². The van der Waals surface area contributed by atoms with Gasteiger partial charge in [0.15, 0.2) is 17.3 Å². The van der Waals surface area contributed by atoms with Crippen LogP contribution in [-0.4, -0.2) is 68.8 Å². The van der Waals surface area contributed by atoms with Gasteiger partial charge in [0.25, 0.3) is 0 Å². The molecule has 0 bridgehead atoms. The zero-order valence-corrected chi connectivity index (χ0v) is 15.5. The molecule has 1 fully saturated rings. The Hall–Kier alpha value is -2.62. The summed E-state index contributed by atoms with van der Waals surface area (Å²) in [5.41, 5.74) is 1.46. The number of hydrogen-bond acceptors (Lipinski definition) is 8. The van der Waals surface area contributed by atoms with Gasteiger partial charge in [0.2, 0.25) is 12.7 Å². The first-order valence-electron chi connectivity index (χ1n) is 9.28. The summed E-state index contributed by atoms with van der Waals surface area (Å²) in [6.45, 7) is 5.14. The number of nitrogens with one attached hydrogen (secondary N) is 1. The fourth-order valence-corrected chi connectivity index (χ4v) is 3.04. The Morgan fingerprint density at radius 2 is 2.04 bits per heavy atom. The maximum absolute atomic E-state index is 11.9. The number of morpholine rings is 1.